The van der Waals surface area contributed by atoms with Crippen LogP contribution in [0.5, 0.6) is 0 Å². The van der Waals surface area contributed by atoms with Crippen molar-refractivity contribution >= 4 is 5.78 Å². The number of nitrogens with zero attached hydrogens (tertiary/aromatic N) is 1. The van der Waals surface area contributed by atoms with Crippen LogP contribution in [0.15, 0.2) is 54.6 Å². The Hall–Kier alpha value is -2.18. The topological polar surface area (TPSA) is 29.5 Å². The summed E-state index contributed by atoms with van der Waals surface area (Å²) < 4.78 is 43.6. The van der Waals surface area contributed by atoms with Gasteiger partial charge in [0.05, 0.1) is 24.7 Å². The smallest absolute Gasteiger partial charge is 0.379 e. The Morgan fingerprint density at radius 1 is 1.00 bits per heavy atom. The van der Waals surface area contributed by atoms with Crippen LogP contribution in [-0.2, 0) is 10.9 Å². The minimum atomic E-state index is -4.41. The second kappa shape index (κ2) is 8.01. The van der Waals surface area contributed by atoms with Crippen molar-refractivity contribution in [1.29, 1.82) is 0 Å². The van der Waals surface area contributed by atoms with Crippen LogP contribution in [0.2, 0.25) is 0 Å². The molecule has 1 saturated heterocycles. The lowest BCUT2D eigenvalue weighted by Crippen LogP contribution is -2.40. The molecule has 1 aliphatic heterocycles. The van der Waals surface area contributed by atoms with E-state index in [2.05, 4.69) is 4.90 Å². The van der Waals surface area contributed by atoms with Crippen molar-refractivity contribution in [3.8, 4) is 0 Å². The molecule has 2 aromatic rings. The summed E-state index contributed by atoms with van der Waals surface area (Å²) in [5.74, 6) is -0.595. The van der Waals surface area contributed by atoms with Gasteiger partial charge in [0.2, 0.25) is 0 Å². The molecular formula is C20H20F3NO2. The van der Waals surface area contributed by atoms with Gasteiger partial charge in [-0.15, -0.1) is 0 Å². The number of ether oxygens (including phenoxy) is 1. The Kier molecular flexibility index (Phi) is 5.74. The lowest BCUT2D eigenvalue weighted by Gasteiger charge is -2.30. The maximum Gasteiger partial charge on any atom is 0.416 e. The van der Waals surface area contributed by atoms with Crippen LogP contribution >= 0.6 is 0 Å². The van der Waals surface area contributed by atoms with Crippen molar-refractivity contribution in [2.24, 2.45) is 0 Å². The molecule has 0 bridgehead atoms. The van der Waals surface area contributed by atoms with Gasteiger partial charge >= 0.3 is 6.18 Å². The van der Waals surface area contributed by atoms with Gasteiger partial charge in [0.25, 0.3) is 0 Å². The number of Topliss-reactive ketones (excluding diaryl/α,β-unsaturated/α-hetero) is 1. The zero-order valence-corrected chi connectivity index (χ0v) is 14.2. The minimum Gasteiger partial charge on any atom is -0.379 e. The van der Waals surface area contributed by atoms with Crippen LogP contribution < -0.4 is 0 Å². The van der Waals surface area contributed by atoms with E-state index in [0.717, 1.165) is 30.8 Å². The molecule has 0 N–H and O–H groups in total. The average Bonchev–Trinajstić information content (AvgIpc) is 2.66. The van der Waals surface area contributed by atoms with Gasteiger partial charge < -0.3 is 4.74 Å². The Balaban J connectivity index is 1.84. The lowest BCUT2D eigenvalue weighted by atomic mass is 9.89. The van der Waals surface area contributed by atoms with Crippen molar-refractivity contribution in [3.05, 3.63) is 71.3 Å². The van der Waals surface area contributed by atoms with Gasteiger partial charge in [-0.1, -0.05) is 42.5 Å². The molecule has 3 rings (SSSR count). The van der Waals surface area contributed by atoms with Gasteiger partial charge in [-0.25, -0.2) is 0 Å². The number of alkyl halides is 3. The van der Waals surface area contributed by atoms with E-state index in [0.29, 0.717) is 25.3 Å². The van der Waals surface area contributed by atoms with E-state index in [1.165, 1.54) is 12.1 Å². The monoisotopic (exact) mass is 363 g/mol. The molecule has 26 heavy (non-hydrogen) atoms. The number of benzene rings is 2. The summed E-state index contributed by atoms with van der Waals surface area (Å²) in [5.41, 5.74) is 0.405. The number of carbonyl (C=O) groups excluding carboxylic acids is 1. The van der Waals surface area contributed by atoms with Crippen molar-refractivity contribution in [2.45, 2.75) is 12.1 Å². The number of hydrogen-bond acceptors (Lipinski definition) is 3. The minimum absolute atomic E-state index is 0.170. The van der Waals surface area contributed by atoms with Gasteiger partial charge in [0.1, 0.15) is 0 Å². The maximum absolute atomic E-state index is 13.0. The van der Waals surface area contributed by atoms with E-state index >= 15 is 0 Å². The molecule has 0 radical (unpaired) electrons. The highest BCUT2D eigenvalue weighted by Gasteiger charge is 2.31. The first-order chi connectivity index (χ1) is 12.4. The molecule has 1 fully saturated rings. The van der Waals surface area contributed by atoms with E-state index in [9.17, 15) is 18.0 Å². The predicted molar refractivity (Wildman–Crippen MR) is 92.2 cm³/mol. The lowest BCUT2D eigenvalue weighted by molar-refractivity contribution is -0.137. The van der Waals surface area contributed by atoms with E-state index < -0.39 is 17.7 Å². The zero-order chi connectivity index (χ0) is 18.6. The van der Waals surface area contributed by atoms with Crippen LogP contribution in [0.3, 0.4) is 0 Å². The predicted octanol–water partition coefficient (Wildman–Crippen LogP) is 4.00. The van der Waals surface area contributed by atoms with Crippen molar-refractivity contribution in [2.75, 3.05) is 32.8 Å². The molecule has 0 amide bonds. The Labute approximate surface area is 150 Å². The number of halogens is 3. The van der Waals surface area contributed by atoms with Crippen molar-refractivity contribution in [3.63, 3.8) is 0 Å². The Bertz CT molecular complexity index is 723. The Morgan fingerprint density at radius 2 is 1.62 bits per heavy atom. The molecule has 138 valence electrons. The molecule has 1 atom stereocenters. The highest BCUT2D eigenvalue weighted by atomic mass is 19.4. The molecule has 0 aromatic heterocycles. The highest BCUT2D eigenvalue weighted by Crippen LogP contribution is 2.30. The molecule has 1 heterocycles. The second-order valence-electron chi connectivity index (χ2n) is 6.32. The van der Waals surface area contributed by atoms with E-state index in [1.54, 1.807) is 0 Å². The van der Waals surface area contributed by atoms with Gasteiger partial charge in [0, 0.05) is 25.2 Å². The summed E-state index contributed by atoms with van der Waals surface area (Å²) in [6.07, 6.45) is -4.41. The SMILES string of the molecule is O=C(c1ccc(C(F)(F)F)cc1)C(CN1CCOCC1)c1ccccc1. The van der Waals surface area contributed by atoms with Gasteiger partial charge in [-0.05, 0) is 17.7 Å². The summed E-state index contributed by atoms with van der Waals surface area (Å²) in [6.45, 7) is 3.24. The maximum atomic E-state index is 13.0. The molecule has 0 aliphatic carbocycles. The summed E-state index contributed by atoms with van der Waals surface area (Å²) in [6, 6.07) is 13.8. The summed E-state index contributed by atoms with van der Waals surface area (Å²) in [5, 5.41) is 0. The van der Waals surface area contributed by atoms with Gasteiger partial charge in [-0.2, -0.15) is 13.2 Å². The molecule has 1 unspecified atom stereocenters. The molecule has 6 heteroatoms. The second-order valence-corrected chi connectivity index (χ2v) is 6.32. The van der Waals surface area contributed by atoms with E-state index in [-0.39, 0.29) is 5.78 Å². The fourth-order valence-corrected chi connectivity index (χ4v) is 3.09. The third-order valence-electron chi connectivity index (χ3n) is 4.56. The molecular weight excluding hydrogens is 343 g/mol. The third kappa shape index (κ3) is 4.51. The molecule has 0 spiro atoms. The summed E-state index contributed by atoms with van der Waals surface area (Å²) in [4.78, 5) is 15.2. The molecule has 3 nitrogen and oxygen atoms in total. The number of morpholine rings is 1. The quantitative estimate of drug-likeness (QED) is 0.752. The molecule has 1 aliphatic rings. The fourth-order valence-electron chi connectivity index (χ4n) is 3.09. The molecule has 0 saturated carbocycles. The van der Waals surface area contributed by atoms with Gasteiger partial charge in [0.15, 0.2) is 5.78 Å². The number of hydrogen-bond donors (Lipinski definition) is 0. The first-order valence-electron chi connectivity index (χ1n) is 8.51. The molecule has 2 aromatic carbocycles. The number of ketones is 1. The van der Waals surface area contributed by atoms with Crippen LogP contribution in [0.25, 0.3) is 0 Å². The summed E-state index contributed by atoms with van der Waals surface area (Å²) in [7, 11) is 0. The van der Waals surface area contributed by atoms with Crippen LogP contribution in [-0.4, -0.2) is 43.5 Å². The van der Waals surface area contributed by atoms with Crippen molar-refractivity contribution < 1.29 is 22.7 Å². The first kappa shape index (κ1) is 18.6. The Morgan fingerprint density at radius 3 is 2.19 bits per heavy atom. The van der Waals surface area contributed by atoms with Crippen molar-refractivity contribution in [1.82, 2.24) is 4.90 Å². The largest absolute Gasteiger partial charge is 0.416 e. The standard InChI is InChI=1S/C20H20F3NO2/c21-20(22,23)17-8-6-16(7-9-17)19(25)18(15-4-2-1-3-5-15)14-24-10-12-26-13-11-24/h1-9,18H,10-14H2. The zero-order valence-electron chi connectivity index (χ0n) is 14.2. The average molecular weight is 363 g/mol. The number of rotatable bonds is 5. The van der Waals surface area contributed by atoms with E-state index in [4.69, 9.17) is 4.74 Å². The third-order valence-corrected chi connectivity index (χ3v) is 4.56. The fraction of sp³-hybridized carbons (Fsp3) is 0.350. The summed E-state index contributed by atoms with van der Waals surface area (Å²) >= 11 is 0. The van der Waals surface area contributed by atoms with Crippen LogP contribution in [0.1, 0.15) is 27.4 Å². The van der Waals surface area contributed by atoms with Crippen LogP contribution in [0.4, 0.5) is 13.2 Å². The van der Waals surface area contributed by atoms with E-state index in [1.807, 2.05) is 30.3 Å². The normalized spacial score (nSPS) is 17.0. The van der Waals surface area contributed by atoms with Crippen LogP contribution in [0, 0.1) is 0 Å². The van der Waals surface area contributed by atoms with Gasteiger partial charge in [-0.3, -0.25) is 9.69 Å². The highest BCUT2D eigenvalue weighted by molar-refractivity contribution is 6.01. The first-order valence-corrected chi connectivity index (χ1v) is 8.51. The number of carbonyl (C=O) groups is 1.